The Balaban J connectivity index is 2.10. The third kappa shape index (κ3) is 3.49. The minimum Gasteiger partial charge on any atom is -0.355 e. The van der Waals surface area contributed by atoms with Gasteiger partial charge in [0.1, 0.15) is 5.82 Å². The van der Waals surface area contributed by atoms with Gasteiger partial charge in [0.15, 0.2) is 0 Å². The van der Waals surface area contributed by atoms with Crippen LogP contribution < -0.4 is 10.6 Å². The molecule has 0 spiro atoms. The molecule has 1 aromatic heterocycles. The number of anilines is 1. The van der Waals surface area contributed by atoms with Crippen LogP contribution in [0.4, 0.5) is 5.82 Å². The van der Waals surface area contributed by atoms with Gasteiger partial charge in [0, 0.05) is 31.4 Å². The topological polar surface area (TPSA) is 45.4 Å². The lowest BCUT2D eigenvalue weighted by molar-refractivity contribution is 0.232. The molecule has 112 valence electrons. The molecule has 20 heavy (non-hydrogen) atoms. The predicted molar refractivity (Wildman–Crippen MR) is 85.1 cm³/mol. The van der Waals surface area contributed by atoms with Crippen molar-refractivity contribution in [2.45, 2.75) is 45.7 Å². The SMILES string of the molecule is CCN(CC)C1CCN(c2ncccc2CC(C)N)C1. The maximum atomic E-state index is 5.96. The monoisotopic (exact) mass is 276 g/mol. The summed E-state index contributed by atoms with van der Waals surface area (Å²) in [6.45, 7) is 11.0. The fourth-order valence-corrected chi connectivity index (χ4v) is 3.19. The highest BCUT2D eigenvalue weighted by Gasteiger charge is 2.28. The molecule has 4 heteroatoms. The first-order valence-electron chi connectivity index (χ1n) is 7.84. The van der Waals surface area contributed by atoms with Gasteiger partial charge in [-0.2, -0.15) is 0 Å². The van der Waals surface area contributed by atoms with Gasteiger partial charge in [-0.15, -0.1) is 0 Å². The van der Waals surface area contributed by atoms with E-state index in [9.17, 15) is 0 Å². The third-order valence-corrected chi connectivity index (χ3v) is 4.20. The highest BCUT2D eigenvalue weighted by Crippen LogP contribution is 2.25. The maximum Gasteiger partial charge on any atom is 0.131 e. The van der Waals surface area contributed by atoms with Crippen molar-refractivity contribution in [3.63, 3.8) is 0 Å². The van der Waals surface area contributed by atoms with Crippen molar-refractivity contribution in [2.75, 3.05) is 31.1 Å². The van der Waals surface area contributed by atoms with E-state index in [-0.39, 0.29) is 6.04 Å². The van der Waals surface area contributed by atoms with Crippen LogP contribution in [0.2, 0.25) is 0 Å². The van der Waals surface area contributed by atoms with Crippen LogP contribution in [0.1, 0.15) is 32.8 Å². The van der Waals surface area contributed by atoms with Crippen LogP contribution in [-0.2, 0) is 6.42 Å². The highest BCUT2D eigenvalue weighted by molar-refractivity contribution is 5.48. The Morgan fingerprint density at radius 3 is 2.85 bits per heavy atom. The average molecular weight is 276 g/mol. The zero-order valence-electron chi connectivity index (χ0n) is 13.0. The molecule has 2 heterocycles. The van der Waals surface area contributed by atoms with Crippen molar-refractivity contribution < 1.29 is 0 Å². The minimum absolute atomic E-state index is 0.180. The first-order valence-corrected chi connectivity index (χ1v) is 7.84. The average Bonchev–Trinajstić information content (AvgIpc) is 2.89. The van der Waals surface area contributed by atoms with Gasteiger partial charge in [0.25, 0.3) is 0 Å². The van der Waals surface area contributed by atoms with Gasteiger partial charge < -0.3 is 10.6 Å². The van der Waals surface area contributed by atoms with Crippen LogP contribution in [0.25, 0.3) is 0 Å². The normalized spacial score (nSPS) is 20.6. The largest absolute Gasteiger partial charge is 0.355 e. The van der Waals surface area contributed by atoms with Gasteiger partial charge in [0.2, 0.25) is 0 Å². The Hall–Kier alpha value is -1.13. The fraction of sp³-hybridized carbons (Fsp3) is 0.688. The molecule has 0 aliphatic carbocycles. The molecule has 0 bridgehead atoms. The van der Waals surface area contributed by atoms with Crippen molar-refractivity contribution in [1.82, 2.24) is 9.88 Å². The van der Waals surface area contributed by atoms with Crippen LogP contribution in [-0.4, -0.2) is 48.1 Å². The van der Waals surface area contributed by atoms with Crippen molar-refractivity contribution in [2.24, 2.45) is 5.73 Å². The molecule has 2 rings (SSSR count). The highest BCUT2D eigenvalue weighted by atomic mass is 15.3. The molecule has 0 aromatic carbocycles. The predicted octanol–water partition coefficient (Wildman–Crippen LogP) is 1.89. The van der Waals surface area contributed by atoms with Crippen LogP contribution in [0.5, 0.6) is 0 Å². The van der Waals surface area contributed by atoms with Gasteiger partial charge in [0.05, 0.1) is 0 Å². The summed E-state index contributed by atoms with van der Waals surface area (Å²) >= 11 is 0. The summed E-state index contributed by atoms with van der Waals surface area (Å²) in [6, 6.07) is 5.02. The van der Waals surface area contributed by atoms with E-state index in [1.807, 2.05) is 12.3 Å². The van der Waals surface area contributed by atoms with Gasteiger partial charge in [-0.05, 0) is 44.5 Å². The van der Waals surface area contributed by atoms with Crippen LogP contribution in [0.15, 0.2) is 18.3 Å². The Labute approximate surface area is 123 Å². The van der Waals surface area contributed by atoms with Gasteiger partial charge >= 0.3 is 0 Å². The number of hydrogen-bond donors (Lipinski definition) is 1. The number of hydrogen-bond acceptors (Lipinski definition) is 4. The Morgan fingerprint density at radius 2 is 2.20 bits per heavy atom. The van der Waals surface area contributed by atoms with E-state index < -0.39 is 0 Å². The molecule has 2 atom stereocenters. The van der Waals surface area contributed by atoms with Crippen LogP contribution in [0.3, 0.4) is 0 Å². The minimum atomic E-state index is 0.180. The third-order valence-electron chi connectivity index (χ3n) is 4.20. The molecule has 1 aliphatic rings. The second-order valence-corrected chi connectivity index (χ2v) is 5.78. The molecule has 4 nitrogen and oxygen atoms in total. The van der Waals surface area contributed by atoms with E-state index in [1.54, 1.807) is 0 Å². The Kier molecular flexibility index (Phi) is 5.38. The summed E-state index contributed by atoms with van der Waals surface area (Å²) in [4.78, 5) is 9.59. The Morgan fingerprint density at radius 1 is 1.45 bits per heavy atom. The van der Waals surface area contributed by atoms with Crippen molar-refractivity contribution in [1.29, 1.82) is 0 Å². The molecule has 0 radical (unpaired) electrons. The molecule has 1 saturated heterocycles. The molecule has 1 fully saturated rings. The first kappa shape index (κ1) is 15.3. The zero-order valence-corrected chi connectivity index (χ0v) is 13.0. The standard InChI is InChI=1S/C16H28N4/c1-4-19(5-2)15-8-10-20(12-15)16-14(11-13(3)17)7-6-9-18-16/h6-7,9,13,15H,4-5,8,10-12,17H2,1-3H3. The van der Waals surface area contributed by atoms with E-state index in [4.69, 9.17) is 5.73 Å². The molecular weight excluding hydrogens is 248 g/mol. The molecule has 2 unspecified atom stereocenters. The number of nitrogens with zero attached hydrogens (tertiary/aromatic N) is 3. The van der Waals surface area contributed by atoms with E-state index in [0.29, 0.717) is 6.04 Å². The number of pyridine rings is 1. The van der Waals surface area contributed by atoms with E-state index in [2.05, 4.69) is 41.6 Å². The molecule has 0 amide bonds. The summed E-state index contributed by atoms with van der Waals surface area (Å²) in [5.41, 5.74) is 7.24. The molecule has 1 aliphatic heterocycles. The zero-order chi connectivity index (χ0) is 14.5. The summed E-state index contributed by atoms with van der Waals surface area (Å²) < 4.78 is 0. The van der Waals surface area contributed by atoms with Crippen LogP contribution >= 0.6 is 0 Å². The molecule has 1 aromatic rings. The van der Waals surface area contributed by atoms with Crippen molar-refractivity contribution in [3.05, 3.63) is 23.9 Å². The number of nitrogens with two attached hydrogens (primary N) is 1. The van der Waals surface area contributed by atoms with E-state index >= 15 is 0 Å². The van der Waals surface area contributed by atoms with Crippen LogP contribution in [0, 0.1) is 0 Å². The molecule has 2 N–H and O–H groups in total. The lowest BCUT2D eigenvalue weighted by Gasteiger charge is -2.27. The van der Waals surface area contributed by atoms with E-state index in [1.165, 1.54) is 12.0 Å². The maximum absolute atomic E-state index is 5.96. The summed E-state index contributed by atoms with van der Waals surface area (Å²) in [5, 5.41) is 0. The Bertz CT molecular complexity index is 415. The van der Waals surface area contributed by atoms with Gasteiger partial charge in [-0.3, -0.25) is 4.90 Å². The number of rotatable bonds is 6. The summed E-state index contributed by atoms with van der Waals surface area (Å²) in [5.74, 6) is 1.14. The van der Waals surface area contributed by atoms with Gasteiger partial charge in [-0.1, -0.05) is 19.9 Å². The molecule has 0 saturated carbocycles. The van der Waals surface area contributed by atoms with Crippen molar-refractivity contribution >= 4 is 5.82 Å². The molecular formula is C16H28N4. The first-order chi connectivity index (χ1) is 9.65. The lowest BCUT2D eigenvalue weighted by atomic mass is 10.1. The smallest absolute Gasteiger partial charge is 0.131 e. The van der Waals surface area contributed by atoms with Crippen molar-refractivity contribution in [3.8, 4) is 0 Å². The summed E-state index contributed by atoms with van der Waals surface area (Å²) in [6.07, 6.45) is 4.02. The summed E-state index contributed by atoms with van der Waals surface area (Å²) in [7, 11) is 0. The van der Waals surface area contributed by atoms with E-state index in [0.717, 1.165) is 38.4 Å². The second kappa shape index (κ2) is 7.04. The lowest BCUT2D eigenvalue weighted by Crippen LogP contribution is -2.37. The quantitative estimate of drug-likeness (QED) is 0.862. The van der Waals surface area contributed by atoms with Gasteiger partial charge in [-0.25, -0.2) is 4.98 Å². The fourth-order valence-electron chi connectivity index (χ4n) is 3.19. The second-order valence-electron chi connectivity index (χ2n) is 5.78. The number of aromatic nitrogens is 1. The number of likely N-dealkylation sites (N-methyl/N-ethyl adjacent to an activating group) is 1.